The molecule has 2 atom stereocenters. The lowest BCUT2D eigenvalue weighted by Gasteiger charge is -2.13. The molecule has 7 nitrogen and oxygen atoms in total. The second kappa shape index (κ2) is 10.9. The molecule has 2 amide bonds. The summed E-state index contributed by atoms with van der Waals surface area (Å²) in [4.78, 5) is 24.7. The summed E-state index contributed by atoms with van der Waals surface area (Å²) in [6, 6.07) is 15.9. The predicted octanol–water partition coefficient (Wildman–Crippen LogP) is 4.27. The highest BCUT2D eigenvalue weighted by Crippen LogP contribution is 2.25. The van der Waals surface area contributed by atoms with E-state index < -0.39 is 5.25 Å². The minimum atomic E-state index is -0.483. The van der Waals surface area contributed by atoms with Gasteiger partial charge >= 0.3 is 0 Å². The highest BCUT2D eigenvalue weighted by molar-refractivity contribution is 8.00. The summed E-state index contributed by atoms with van der Waals surface area (Å²) in [6.45, 7) is 7.59. The SMILES string of the molecule is Cc1cccc(C)c1NC(=O)CNC(=O)C(C)Sc1nnc(CC(C)c2ccccc2)o1. The van der Waals surface area contributed by atoms with Crippen molar-refractivity contribution in [1.29, 1.82) is 0 Å². The third-order valence-electron chi connectivity index (χ3n) is 5.11. The Morgan fingerprint density at radius 1 is 1.00 bits per heavy atom. The van der Waals surface area contributed by atoms with Crippen LogP contribution in [0, 0.1) is 13.8 Å². The van der Waals surface area contributed by atoms with Crippen molar-refractivity contribution in [2.75, 3.05) is 11.9 Å². The molecule has 0 fully saturated rings. The maximum Gasteiger partial charge on any atom is 0.277 e. The molecular weight excluding hydrogens is 424 g/mol. The van der Waals surface area contributed by atoms with E-state index >= 15 is 0 Å². The Morgan fingerprint density at radius 2 is 1.69 bits per heavy atom. The van der Waals surface area contributed by atoms with Crippen molar-refractivity contribution in [1.82, 2.24) is 15.5 Å². The number of para-hydroxylation sites is 1. The van der Waals surface area contributed by atoms with E-state index in [1.807, 2.05) is 50.2 Å². The van der Waals surface area contributed by atoms with Crippen molar-refractivity contribution < 1.29 is 14.0 Å². The molecule has 0 radical (unpaired) electrons. The van der Waals surface area contributed by atoms with Crippen LogP contribution in [0.3, 0.4) is 0 Å². The molecule has 1 heterocycles. The quantitative estimate of drug-likeness (QED) is 0.471. The number of anilines is 1. The van der Waals surface area contributed by atoms with Crippen molar-refractivity contribution in [2.45, 2.75) is 50.5 Å². The van der Waals surface area contributed by atoms with Gasteiger partial charge in [-0.1, -0.05) is 67.2 Å². The van der Waals surface area contributed by atoms with Gasteiger partial charge in [0, 0.05) is 12.1 Å². The first-order chi connectivity index (χ1) is 15.3. The number of amides is 2. The number of aromatic nitrogens is 2. The first-order valence-electron chi connectivity index (χ1n) is 10.5. The molecule has 0 aliphatic carbocycles. The Hall–Kier alpha value is -3.13. The van der Waals surface area contributed by atoms with Crippen molar-refractivity contribution >= 4 is 29.3 Å². The predicted molar refractivity (Wildman–Crippen MR) is 126 cm³/mol. The normalized spacial score (nSPS) is 12.8. The van der Waals surface area contributed by atoms with Crippen LogP contribution in [0.25, 0.3) is 0 Å². The number of carbonyl (C=O) groups is 2. The monoisotopic (exact) mass is 452 g/mol. The molecule has 0 bridgehead atoms. The van der Waals surface area contributed by atoms with Gasteiger partial charge < -0.3 is 15.1 Å². The van der Waals surface area contributed by atoms with Gasteiger partial charge in [-0.2, -0.15) is 0 Å². The summed E-state index contributed by atoms with van der Waals surface area (Å²) in [7, 11) is 0. The Morgan fingerprint density at radius 3 is 2.38 bits per heavy atom. The van der Waals surface area contributed by atoms with Crippen LogP contribution in [0.1, 0.15) is 42.3 Å². The van der Waals surface area contributed by atoms with E-state index in [2.05, 4.69) is 39.9 Å². The summed E-state index contributed by atoms with van der Waals surface area (Å²) >= 11 is 1.17. The second-order valence-electron chi connectivity index (χ2n) is 7.77. The smallest absolute Gasteiger partial charge is 0.277 e. The topological polar surface area (TPSA) is 97.1 Å². The zero-order valence-corrected chi connectivity index (χ0v) is 19.5. The van der Waals surface area contributed by atoms with E-state index in [0.29, 0.717) is 17.5 Å². The van der Waals surface area contributed by atoms with Gasteiger partial charge in [-0.25, -0.2) is 0 Å². The largest absolute Gasteiger partial charge is 0.416 e. The lowest BCUT2D eigenvalue weighted by atomic mass is 9.98. The number of nitrogens with one attached hydrogen (secondary N) is 2. The van der Waals surface area contributed by atoms with E-state index in [4.69, 9.17) is 4.42 Å². The molecule has 3 rings (SSSR count). The highest BCUT2D eigenvalue weighted by Gasteiger charge is 2.20. The first kappa shape index (κ1) is 23.5. The van der Waals surface area contributed by atoms with Gasteiger partial charge in [-0.05, 0) is 43.4 Å². The highest BCUT2D eigenvalue weighted by atomic mass is 32.2. The second-order valence-corrected chi connectivity index (χ2v) is 9.06. The molecule has 0 saturated heterocycles. The fraction of sp³-hybridized carbons (Fsp3) is 0.333. The van der Waals surface area contributed by atoms with Crippen molar-refractivity contribution in [3.05, 3.63) is 71.1 Å². The summed E-state index contributed by atoms with van der Waals surface area (Å²) in [6.07, 6.45) is 0.622. The minimum absolute atomic E-state index is 0.110. The average molecular weight is 453 g/mol. The van der Waals surface area contributed by atoms with Gasteiger partial charge in [-0.3, -0.25) is 9.59 Å². The molecular formula is C24H28N4O3S. The molecule has 8 heteroatoms. The van der Waals surface area contributed by atoms with Gasteiger partial charge in [0.2, 0.25) is 17.7 Å². The number of thioether (sulfide) groups is 1. The molecule has 0 spiro atoms. The third-order valence-corrected chi connectivity index (χ3v) is 6.05. The lowest BCUT2D eigenvalue weighted by Crippen LogP contribution is -2.37. The molecule has 32 heavy (non-hydrogen) atoms. The first-order valence-corrected chi connectivity index (χ1v) is 11.4. The van der Waals surface area contributed by atoms with Crippen LogP contribution in [0.2, 0.25) is 0 Å². The van der Waals surface area contributed by atoms with Crippen LogP contribution >= 0.6 is 11.8 Å². The lowest BCUT2D eigenvalue weighted by molar-refractivity contribution is -0.123. The number of rotatable bonds is 9. The van der Waals surface area contributed by atoms with Gasteiger partial charge in [-0.15, -0.1) is 10.2 Å². The fourth-order valence-electron chi connectivity index (χ4n) is 3.24. The maximum atomic E-state index is 12.4. The van der Waals surface area contributed by atoms with Crippen LogP contribution in [-0.4, -0.2) is 33.8 Å². The Kier molecular flexibility index (Phi) is 8.05. The van der Waals surface area contributed by atoms with Crippen LogP contribution < -0.4 is 10.6 Å². The fourth-order valence-corrected chi connectivity index (χ4v) is 3.97. The van der Waals surface area contributed by atoms with E-state index in [0.717, 1.165) is 16.8 Å². The molecule has 2 aromatic carbocycles. The molecule has 2 unspecified atom stereocenters. The van der Waals surface area contributed by atoms with Crippen molar-refractivity contribution in [3.63, 3.8) is 0 Å². The van der Waals surface area contributed by atoms with Gasteiger partial charge in [0.05, 0.1) is 11.8 Å². The van der Waals surface area contributed by atoms with Crippen LogP contribution in [0.15, 0.2) is 58.2 Å². The van der Waals surface area contributed by atoms with Crippen molar-refractivity contribution in [3.8, 4) is 0 Å². The summed E-state index contributed by atoms with van der Waals surface area (Å²) in [5.41, 5.74) is 3.92. The van der Waals surface area contributed by atoms with Gasteiger partial charge in [0.1, 0.15) is 0 Å². The summed E-state index contributed by atoms with van der Waals surface area (Å²) in [5, 5.41) is 13.5. The molecule has 3 aromatic rings. The maximum absolute atomic E-state index is 12.4. The average Bonchev–Trinajstić information content (AvgIpc) is 3.21. The zero-order chi connectivity index (χ0) is 23.1. The number of hydrogen-bond donors (Lipinski definition) is 2. The Bertz CT molecular complexity index is 1050. The minimum Gasteiger partial charge on any atom is -0.416 e. The number of nitrogens with zero attached hydrogens (tertiary/aromatic N) is 2. The van der Waals surface area contributed by atoms with E-state index in [1.54, 1.807) is 6.92 Å². The standard InChI is InChI=1S/C24H28N4O3S/c1-15-9-8-10-16(2)22(15)26-20(29)14-25-23(30)18(4)32-24-28-27-21(31-24)13-17(3)19-11-6-5-7-12-19/h5-12,17-18H,13-14H2,1-4H3,(H,25,30)(H,26,29). The summed E-state index contributed by atoms with van der Waals surface area (Å²) in [5.74, 6) is 0.224. The van der Waals surface area contributed by atoms with Crippen LogP contribution in [0.5, 0.6) is 0 Å². The van der Waals surface area contributed by atoms with Gasteiger partial charge in [0.15, 0.2) is 0 Å². The molecule has 0 aliphatic heterocycles. The molecule has 0 saturated carbocycles. The molecule has 168 valence electrons. The van der Waals surface area contributed by atoms with Crippen LogP contribution in [-0.2, 0) is 16.0 Å². The Labute approximate surface area is 192 Å². The molecule has 1 aromatic heterocycles. The summed E-state index contributed by atoms with van der Waals surface area (Å²) < 4.78 is 5.71. The van der Waals surface area contributed by atoms with E-state index in [9.17, 15) is 9.59 Å². The van der Waals surface area contributed by atoms with E-state index in [-0.39, 0.29) is 24.3 Å². The number of aryl methyl sites for hydroxylation is 2. The molecule has 0 aliphatic rings. The van der Waals surface area contributed by atoms with Gasteiger partial charge in [0.25, 0.3) is 5.22 Å². The number of benzene rings is 2. The number of hydrogen-bond acceptors (Lipinski definition) is 6. The Balaban J connectivity index is 1.47. The number of carbonyl (C=O) groups excluding carboxylic acids is 2. The van der Waals surface area contributed by atoms with E-state index in [1.165, 1.54) is 17.3 Å². The molecule has 2 N–H and O–H groups in total. The zero-order valence-electron chi connectivity index (χ0n) is 18.7. The van der Waals surface area contributed by atoms with Crippen molar-refractivity contribution in [2.24, 2.45) is 0 Å². The third kappa shape index (κ3) is 6.43. The van der Waals surface area contributed by atoms with Crippen LogP contribution in [0.4, 0.5) is 5.69 Å².